The maximum atomic E-state index is 8.76. The molecule has 0 aliphatic carbocycles. The molecule has 6 nitrogen and oxygen atoms in total. The number of rotatable bonds is 8. The van der Waals surface area contributed by atoms with Crippen molar-refractivity contribution >= 4 is 0 Å². The Balaban J connectivity index is 2.04. The fourth-order valence-electron chi connectivity index (χ4n) is 1.09. The monoisotopic (exact) mass is 215 g/mol. The van der Waals surface area contributed by atoms with Gasteiger partial charge in [0.05, 0.1) is 26.0 Å². The average Bonchev–Trinajstić information content (AvgIpc) is 2.71. The number of hydrogen-bond acceptors (Lipinski definition) is 5. The summed E-state index contributed by atoms with van der Waals surface area (Å²) in [5.74, 6) is 0. The van der Waals surface area contributed by atoms with Gasteiger partial charge < -0.3 is 14.6 Å². The van der Waals surface area contributed by atoms with Crippen molar-refractivity contribution in [2.24, 2.45) is 0 Å². The molecule has 86 valence electrons. The smallest absolute Gasteiger partial charge is 0.108 e. The standard InChI is InChI=1S/C9H17N3O3/c1-14-4-2-5-15-6-3-12-7-9(8-13)10-11-12/h7,13H,2-6,8H2,1H3. The van der Waals surface area contributed by atoms with Gasteiger partial charge in [0, 0.05) is 20.3 Å². The Hall–Kier alpha value is -0.980. The van der Waals surface area contributed by atoms with E-state index in [0.29, 0.717) is 25.5 Å². The van der Waals surface area contributed by atoms with Crippen molar-refractivity contribution in [3.8, 4) is 0 Å². The van der Waals surface area contributed by atoms with Crippen LogP contribution in [0, 0.1) is 0 Å². The second-order valence-electron chi connectivity index (χ2n) is 3.09. The lowest BCUT2D eigenvalue weighted by Gasteiger charge is -2.03. The molecule has 0 spiro atoms. The van der Waals surface area contributed by atoms with Gasteiger partial charge in [0.15, 0.2) is 0 Å². The van der Waals surface area contributed by atoms with E-state index in [1.54, 1.807) is 18.0 Å². The summed E-state index contributed by atoms with van der Waals surface area (Å²) in [6, 6.07) is 0. The summed E-state index contributed by atoms with van der Waals surface area (Å²) in [6.07, 6.45) is 2.61. The van der Waals surface area contributed by atoms with Crippen molar-refractivity contribution in [3.63, 3.8) is 0 Å². The molecule has 1 heterocycles. The zero-order chi connectivity index (χ0) is 10.9. The minimum absolute atomic E-state index is 0.0747. The van der Waals surface area contributed by atoms with Crippen molar-refractivity contribution in [3.05, 3.63) is 11.9 Å². The topological polar surface area (TPSA) is 69.4 Å². The van der Waals surface area contributed by atoms with Gasteiger partial charge in [-0.2, -0.15) is 0 Å². The lowest BCUT2D eigenvalue weighted by atomic mass is 10.5. The van der Waals surface area contributed by atoms with Crippen LogP contribution < -0.4 is 0 Å². The van der Waals surface area contributed by atoms with Crippen molar-refractivity contribution in [1.29, 1.82) is 0 Å². The summed E-state index contributed by atoms with van der Waals surface area (Å²) in [7, 11) is 1.67. The van der Waals surface area contributed by atoms with E-state index in [2.05, 4.69) is 10.3 Å². The van der Waals surface area contributed by atoms with Crippen LogP contribution in [0.5, 0.6) is 0 Å². The fourth-order valence-corrected chi connectivity index (χ4v) is 1.09. The molecule has 0 saturated heterocycles. The fraction of sp³-hybridized carbons (Fsp3) is 0.778. The van der Waals surface area contributed by atoms with Crippen molar-refractivity contribution in [2.45, 2.75) is 19.6 Å². The molecular formula is C9H17N3O3. The van der Waals surface area contributed by atoms with Gasteiger partial charge in [-0.25, -0.2) is 4.68 Å². The van der Waals surface area contributed by atoms with E-state index < -0.39 is 0 Å². The van der Waals surface area contributed by atoms with Gasteiger partial charge >= 0.3 is 0 Å². The van der Waals surface area contributed by atoms with E-state index in [-0.39, 0.29) is 6.61 Å². The molecule has 6 heteroatoms. The Kier molecular flexibility index (Phi) is 5.91. The highest BCUT2D eigenvalue weighted by Gasteiger charge is 1.98. The van der Waals surface area contributed by atoms with Gasteiger partial charge in [-0.3, -0.25) is 0 Å². The molecule has 0 aliphatic rings. The molecule has 0 saturated carbocycles. The molecule has 0 fully saturated rings. The van der Waals surface area contributed by atoms with E-state index in [9.17, 15) is 0 Å². The van der Waals surface area contributed by atoms with Gasteiger partial charge in [-0.05, 0) is 6.42 Å². The normalized spacial score (nSPS) is 10.8. The van der Waals surface area contributed by atoms with Crippen LogP contribution in [0.15, 0.2) is 6.20 Å². The Morgan fingerprint density at radius 2 is 2.27 bits per heavy atom. The van der Waals surface area contributed by atoms with Gasteiger partial charge in [0.25, 0.3) is 0 Å². The lowest BCUT2D eigenvalue weighted by Crippen LogP contribution is -2.08. The van der Waals surface area contributed by atoms with Gasteiger partial charge in [-0.15, -0.1) is 5.10 Å². The molecule has 1 N–H and O–H groups in total. The molecular weight excluding hydrogens is 198 g/mol. The number of aliphatic hydroxyl groups is 1. The van der Waals surface area contributed by atoms with Crippen LogP contribution in [0.3, 0.4) is 0 Å². The van der Waals surface area contributed by atoms with Crippen LogP contribution in [-0.2, 0) is 22.6 Å². The molecule has 0 radical (unpaired) electrons. The quantitative estimate of drug-likeness (QED) is 0.609. The van der Waals surface area contributed by atoms with Crippen molar-refractivity contribution < 1.29 is 14.6 Å². The predicted octanol–water partition coefficient (Wildman–Crippen LogP) is -0.177. The summed E-state index contributed by atoms with van der Waals surface area (Å²) in [5.41, 5.74) is 0.578. The number of aromatic nitrogens is 3. The maximum absolute atomic E-state index is 8.76. The average molecular weight is 215 g/mol. The summed E-state index contributed by atoms with van der Waals surface area (Å²) in [6.45, 7) is 2.58. The number of methoxy groups -OCH3 is 1. The summed E-state index contributed by atoms with van der Waals surface area (Å²) in [4.78, 5) is 0. The first kappa shape index (κ1) is 12.1. The number of aliphatic hydroxyl groups excluding tert-OH is 1. The van der Waals surface area contributed by atoms with Crippen LogP contribution in [0.25, 0.3) is 0 Å². The van der Waals surface area contributed by atoms with Gasteiger partial charge in [-0.1, -0.05) is 5.21 Å². The summed E-state index contributed by atoms with van der Waals surface area (Å²) in [5, 5.41) is 16.3. The van der Waals surface area contributed by atoms with Crippen LogP contribution in [0.1, 0.15) is 12.1 Å². The van der Waals surface area contributed by atoms with Crippen LogP contribution in [0.4, 0.5) is 0 Å². The third kappa shape index (κ3) is 4.87. The highest BCUT2D eigenvalue weighted by Crippen LogP contribution is 1.92. The minimum Gasteiger partial charge on any atom is -0.390 e. The second-order valence-corrected chi connectivity index (χ2v) is 3.09. The zero-order valence-electron chi connectivity index (χ0n) is 8.93. The molecule has 15 heavy (non-hydrogen) atoms. The van der Waals surface area contributed by atoms with E-state index in [4.69, 9.17) is 14.6 Å². The lowest BCUT2D eigenvalue weighted by molar-refractivity contribution is 0.0958. The molecule has 0 aromatic carbocycles. The Labute approximate surface area is 88.8 Å². The zero-order valence-corrected chi connectivity index (χ0v) is 8.93. The van der Waals surface area contributed by atoms with Gasteiger partial charge in [0.1, 0.15) is 5.69 Å². The third-order valence-corrected chi connectivity index (χ3v) is 1.85. The number of hydrogen-bond donors (Lipinski definition) is 1. The van der Waals surface area contributed by atoms with Crippen LogP contribution >= 0.6 is 0 Å². The predicted molar refractivity (Wildman–Crippen MR) is 53.3 cm³/mol. The maximum Gasteiger partial charge on any atom is 0.108 e. The van der Waals surface area contributed by atoms with Crippen LogP contribution in [0.2, 0.25) is 0 Å². The second kappa shape index (κ2) is 7.33. The molecule has 0 amide bonds. The summed E-state index contributed by atoms with van der Waals surface area (Å²) < 4.78 is 11.9. The summed E-state index contributed by atoms with van der Waals surface area (Å²) >= 11 is 0. The molecule has 1 aromatic rings. The first-order chi connectivity index (χ1) is 7.36. The first-order valence-corrected chi connectivity index (χ1v) is 4.93. The van der Waals surface area contributed by atoms with Gasteiger partial charge in [0.2, 0.25) is 0 Å². The molecule has 0 unspecified atom stereocenters. The largest absolute Gasteiger partial charge is 0.390 e. The van der Waals surface area contributed by atoms with E-state index in [1.807, 2.05) is 0 Å². The minimum atomic E-state index is -0.0747. The van der Waals surface area contributed by atoms with E-state index >= 15 is 0 Å². The Morgan fingerprint density at radius 1 is 1.40 bits per heavy atom. The SMILES string of the molecule is COCCCOCCn1cc(CO)nn1. The molecule has 0 bridgehead atoms. The molecule has 1 aromatic heterocycles. The van der Waals surface area contributed by atoms with E-state index in [1.165, 1.54) is 0 Å². The number of ether oxygens (including phenoxy) is 2. The molecule has 0 atom stereocenters. The Morgan fingerprint density at radius 3 is 2.93 bits per heavy atom. The third-order valence-electron chi connectivity index (χ3n) is 1.85. The molecule has 1 rings (SSSR count). The first-order valence-electron chi connectivity index (χ1n) is 4.93. The van der Waals surface area contributed by atoms with Crippen molar-refractivity contribution in [1.82, 2.24) is 15.0 Å². The highest BCUT2D eigenvalue weighted by atomic mass is 16.5. The highest BCUT2D eigenvalue weighted by molar-refractivity contribution is 4.88. The Bertz CT molecular complexity index is 265. The van der Waals surface area contributed by atoms with Crippen LogP contribution in [-0.4, -0.2) is 47.0 Å². The number of nitrogens with zero attached hydrogens (tertiary/aromatic N) is 3. The van der Waals surface area contributed by atoms with E-state index in [0.717, 1.165) is 13.0 Å². The van der Waals surface area contributed by atoms with Crippen molar-refractivity contribution in [2.75, 3.05) is 26.9 Å². The molecule has 0 aliphatic heterocycles.